The van der Waals surface area contributed by atoms with Gasteiger partial charge in [-0.25, -0.2) is 9.97 Å². The maximum Gasteiger partial charge on any atom is 0.261 e. The van der Waals surface area contributed by atoms with Crippen LogP contribution in [0.1, 0.15) is 17.0 Å². The third-order valence-electron chi connectivity index (χ3n) is 4.55. The van der Waals surface area contributed by atoms with E-state index >= 15 is 0 Å². The molecule has 136 valence electrons. The summed E-state index contributed by atoms with van der Waals surface area (Å²) in [6.45, 7) is 3.95. The fourth-order valence-electron chi connectivity index (χ4n) is 2.95. The number of thioether (sulfide) groups is 1. The number of hydrogen-bond acceptors (Lipinski definition) is 5. The van der Waals surface area contributed by atoms with E-state index in [0.29, 0.717) is 27.7 Å². The Labute approximate surface area is 161 Å². The molecule has 0 fully saturated rings. The van der Waals surface area contributed by atoms with Crippen LogP contribution in [-0.2, 0) is 12.8 Å². The van der Waals surface area contributed by atoms with E-state index in [9.17, 15) is 4.79 Å². The minimum Gasteiger partial charge on any atom is -0.441 e. The first kappa shape index (κ1) is 17.5. The lowest BCUT2D eigenvalue weighted by Crippen LogP contribution is -2.19. The maximum absolute atomic E-state index is 12.5. The van der Waals surface area contributed by atoms with Crippen molar-refractivity contribution >= 4 is 22.7 Å². The van der Waals surface area contributed by atoms with Crippen LogP contribution in [0.25, 0.3) is 22.4 Å². The lowest BCUT2D eigenvalue weighted by Gasteiger charge is -2.07. The van der Waals surface area contributed by atoms with Crippen molar-refractivity contribution in [1.82, 2.24) is 14.5 Å². The molecule has 2 heterocycles. The zero-order valence-corrected chi connectivity index (χ0v) is 16.2. The Morgan fingerprint density at radius 2 is 1.78 bits per heavy atom. The third kappa shape index (κ3) is 3.28. The summed E-state index contributed by atoms with van der Waals surface area (Å²) >= 11 is 1.49. The highest BCUT2D eigenvalue weighted by atomic mass is 32.2. The quantitative estimate of drug-likeness (QED) is 0.387. The van der Waals surface area contributed by atoms with Crippen molar-refractivity contribution in [3.05, 3.63) is 75.9 Å². The van der Waals surface area contributed by atoms with Gasteiger partial charge in [0, 0.05) is 18.4 Å². The van der Waals surface area contributed by atoms with Gasteiger partial charge in [-0.3, -0.25) is 9.36 Å². The van der Waals surface area contributed by atoms with Gasteiger partial charge in [0.2, 0.25) is 5.89 Å². The van der Waals surface area contributed by atoms with Crippen LogP contribution in [0.3, 0.4) is 0 Å². The zero-order chi connectivity index (χ0) is 19.0. The van der Waals surface area contributed by atoms with Crippen molar-refractivity contribution in [2.75, 3.05) is 0 Å². The second-order valence-corrected chi connectivity index (χ2v) is 7.34. The third-order valence-corrected chi connectivity index (χ3v) is 5.59. The van der Waals surface area contributed by atoms with E-state index < -0.39 is 0 Å². The highest BCUT2D eigenvalue weighted by molar-refractivity contribution is 7.98. The zero-order valence-electron chi connectivity index (χ0n) is 15.4. The summed E-state index contributed by atoms with van der Waals surface area (Å²) in [4.78, 5) is 21.8. The molecule has 4 rings (SSSR count). The lowest BCUT2D eigenvalue weighted by molar-refractivity contribution is 0.540. The van der Waals surface area contributed by atoms with E-state index in [-0.39, 0.29) is 5.56 Å². The fourth-order valence-corrected chi connectivity index (χ4v) is 3.92. The Bertz CT molecular complexity index is 1190. The molecule has 0 amide bonds. The van der Waals surface area contributed by atoms with Crippen LogP contribution in [0.15, 0.2) is 62.9 Å². The molecule has 0 bridgehead atoms. The molecule has 2 aromatic heterocycles. The molecule has 0 saturated heterocycles. The lowest BCUT2D eigenvalue weighted by atomic mass is 10.1. The Hall–Kier alpha value is -2.86. The van der Waals surface area contributed by atoms with E-state index in [1.54, 1.807) is 17.7 Å². The molecule has 2 aromatic carbocycles. The van der Waals surface area contributed by atoms with Crippen LogP contribution in [0.4, 0.5) is 0 Å². The van der Waals surface area contributed by atoms with Crippen LogP contribution in [0, 0.1) is 13.8 Å². The second kappa shape index (κ2) is 7.04. The van der Waals surface area contributed by atoms with Crippen LogP contribution in [-0.4, -0.2) is 14.5 Å². The molecule has 6 heteroatoms. The molecule has 4 aromatic rings. The number of oxazole rings is 1. The van der Waals surface area contributed by atoms with Crippen LogP contribution < -0.4 is 5.56 Å². The summed E-state index contributed by atoms with van der Waals surface area (Å²) in [5.74, 6) is 1.99. The number of para-hydroxylation sites is 1. The van der Waals surface area contributed by atoms with Gasteiger partial charge in [0.25, 0.3) is 5.56 Å². The molecule has 0 radical (unpaired) electrons. The monoisotopic (exact) mass is 377 g/mol. The molecule has 27 heavy (non-hydrogen) atoms. The Morgan fingerprint density at radius 1 is 1.04 bits per heavy atom. The molecule has 0 unspecified atom stereocenters. The van der Waals surface area contributed by atoms with Crippen LogP contribution >= 0.6 is 11.8 Å². The highest BCUT2D eigenvalue weighted by Crippen LogP contribution is 2.28. The van der Waals surface area contributed by atoms with Crippen LogP contribution in [0.2, 0.25) is 0 Å². The summed E-state index contributed by atoms with van der Waals surface area (Å²) in [5, 5.41) is 1.29. The predicted molar refractivity (Wildman–Crippen MR) is 108 cm³/mol. The van der Waals surface area contributed by atoms with Crippen molar-refractivity contribution < 1.29 is 4.42 Å². The fraction of sp³-hybridized carbons (Fsp3) is 0.190. The van der Waals surface area contributed by atoms with E-state index in [1.807, 2.05) is 56.3 Å². The van der Waals surface area contributed by atoms with Crippen molar-refractivity contribution in [2.24, 2.45) is 7.05 Å². The topological polar surface area (TPSA) is 60.9 Å². The van der Waals surface area contributed by atoms with Gasteiger partial charge >= 0.3 is 0 Å². The number of aryl methyl sites for hydroxylation is 2. The van der Waals surface area contributed by atoms with Crippen molar-refractivity contribution in [1.29, 1.82) is 0 Å². The molecule has 0 saturated carbocycles. The predicted octanol–water partition coefficient (Wildman–Crippen LogP) is 4.50. The normalized spacial score (nSPS) is 11.2. The van der Waals surface area contributed by atoms with Crippen molar-refractivity contribution in [3.63, 3.8) is 0 Å². The smallest absolute Gasteiger partial charge is 0.261 e. The van der Waals surface area contributed by atoms with Crippen molar-refractivity contribution in [2.45, 2.75) is 24.8 Å². The number of fused-ring (bicyclic) bond motifs is 1. The summed E-state index contributed by atoms with van der Waals surface area (Å²) in [6.07, 6.45) is 0. The number of nitrogens with zero attached hydrogens (tertiary/aromatic N) is 3. The number of rotatable bonds is 4. The van der Waals surface area contributed by atoms with Crippen molar-refractivity contribution in [3.8, 4) is 11.5 Å². The molecule has 0 aliphatic heterocycles. The van der Waals surface area contributed by atoms with Gasteiger partial charge in [-0.2, -0.15) is 0 Å². The molecule has 0 atom stereocenters. The molecule has 5 nitrogen and oxygen atoms in total. The second-order valence-electron chi connectivity index (χ2n) is 6.40. The Balaban J connectivity index is 1.63. The first-order chi connectivity index (χ1) is 13.0. The average molecular weight is 377 g/mol. The van der Waals surface area contributed by atoms with Gasteiger partial charge in [-0.05, 0) is 37.6 Å². The van der Waals surface area contributed by atoms with E-state index in [2.05, 4.69) is 9.97 Å². The van der Waals surface area contributed by atoms with Gasteiger partial charge in [0.15, 0.2) is 5.16 Å². The SMILES string of the molecule is Cc1ccccc1-c1nc(CSc2nc3ccccc3c(=O)n2C)c(C)o1. The molecular weight excluding hydrogens is 358 g/mol. The first-order valence-electron chi connectivity index (χ1n) is 8.65. The average Bonchev–Trinajstić information content (AvgIpc) is 3.04. The van der Waals surface area contributed by atoms with Gasteiger partial charge in [0.1, 0.15) is 5.76 Å². The van der Waals surface area contributed by atoms with E-state index in [4.69, 9.17) is 4.42 Å². The number of hydrogen-bond donors (Lipinski definition) is 0. The summed E-state index contributed by atoms with van der Waals surface area (Å²) in [6, 6.07) is 15.4. The molecule has 0 spiro atoms. The summed E-state index contributed by atoms with van der Waals surface area (Å²) < 4.78 is 7.47. The van der Waals surface area contributed by atoms with Gasteiger partial charge in [0.05, 0.1) is 16.6 Å². The Morgan fingerprint density at radius 3 is 2.59 bits per heavy atom. The number of benzene rings is 2. The summed E-state index contributed by atoms with van der Waals surface area (Å²) in [5.41, 5.74) is 3.64. The summed E-state index contributed by atoms with van der Waals surface area (Å²) in [7, 11) is 1.75. The molecule has 0 aliphatic rings. The van der Waals surface area contributed by atoms with E-state index in [1.165, 1.54) is 11.8 Å². The minimum absolute atomic E-state index is 0.0411. The maximum atomic E-state index is 12.5. The molecule has 0 aliphatic carbocycles. The Kier molecular flexibility index (Phi) is 4.58. The molecule has 0 N–H and O–H groups in total. The minimum atomic E-state index is -0.0411. The number of aromatic nitrogens is 3. The highest BCUT2D eigenvalue weighted by Gasteiger charge is 2.15. The van der Waals surface area contributed by atoms with Gasteiger partial charge < -0.3 is 4.42 Å². The van der Waals surface area contributed by atoms with E-state index in [0.717, 1.165) is 22.6 Å². The standard InChI is InChI=1S/C21H19N3O2S/c1-13-8-4-5-9-15(13)19-22-18(14(2)26-19)12-27-21-23-17-11-7-6-10-16(17)20(25)24(21)3/h4-11H,12H2,1-3H3. The largest absolute Gasteiger partial charge is 0.441 e. The first-order valence-corrected chi connectivity index (χ1v) is 9.64. The van der Waals surface area contributed by atoms with Gasteiger partial charge in [-0.15, -0.1) is 0 Å². The van der Waals surface area contributed by atoms with Crippen LogP contribution in [0.5, 0.6) is 0 Å². The van der Waals surface area contributed by atoms with Gasteiger partial charge in [-0.1, -0.05) is 42.1 Å². The molecular formula is C21H19N3O2S.